The summed E-state index contributed by atoms with van der Waals surface area (Å²) in [7, 11) is 1.66. The number of aryl methyl sites for hydroxylation is 1. The normalized spacial score (nSPS) is 13.1. The minimum absolute atomic E-state index is 0.0127. The first-order chi connectivity index (χ1) is 11.6. The maximum atomic E-state index is 12.0. The second kappa shape index (κ2) is 8.96. The molecule has 6 nitrogen and oxygen atoms in total. The van der Waals surface area contributed by atoms with Crippen molar-refractivity contribution in [2.75, 3.05) is 7.11 Å². The van der Waals surface area contributed by atoms with Crippen molar-refractivity contribution in [2.24, 2.45) is 0 Å². The zero-order chi connectivity index (χ0) is 17.4. The Morgan fingerprint density at radius 1 is 1.21 bits per heavy atom. The first kappa shape index (κ1) is 17.8. The molecule has 0 saturated heterocycles. The summed E-state index contributed by atoms with van der Waals surface area (Å²) in [5.74, 6) is 0.857. The first-order valence-electron chi connectivity index (χ1n) is 8.24. The van der Waals surface area contributed by atoms with Gasteiger partial charge in [-0.25, -0.2) is 4.79 Å². The number of urea groups is 1. The summed E-state index contributed by atoms with van der Waals surface area (Å²) in [4.78, 5) is 12.0. The molecule has 2 N–H and O–H groups in total. The number of aromatic nitrogens is 2. The molecule has 1 aromatic heterocycles. The summed E-state index contributed by atoms with van der Waals surface area (Å²) in [6.45, 7) is 4.63. The predicted octanol–water partition coefficient (Wildman–Crippen LogP) is 2.60. The van der Waals surface area contributed by atoms with Gasteiger partial charge in [0.05, 0.1) is 13.7 Å². The van der Waals surface area contributed by atoms with Gasteiger partial charge in [0, 0.05) is 24.5 Å². The third-order valence-corrected chi connectivity index (χ3v) is 3.80. The highest BCUT2D eigenvalue weighted by molar-refractivity contribution is 5.74. The second-order valence-electron chi connectivity index (χ2n) is 6.03. The fourth-order valence-corrected chi connectivity index (χ4v) is 2.47. The molecule has 24 heavy (non-hydrogen) atoms. The van der Waals surface area contributed by atoms with Gasteiger partial charge in [0.25, 0.3) is 0 Å². The third kappa shape index (κ3) is 5.95. The molecule has 0 radical (unpaired) electrons. The van der Waals surface area contributed by atoms with Gasteiger partial charge in [-0.05, 0) is 50.5 Å². The molecule has 0 aliphatic heterocycles. The highest BCUT2D eigenvalue weighted by Crippen LogP contribution is 2.13. The van der Waals surface area contributed by atoms with Crippen molar-refractivity contribution in [1.29, 1.82) is 0 Å². The lowest BCUT2D eigenvalue weighted by atomic mass is 10.1. The summed E-state index contributed by atoms with van der Waals surface area (Å²) < 4.78 is 6.95. The molecular weight excluding hydrogens is 304 g/mol. The van der Waals surface area contributed by atoms with E-state index < -0.39 is 0 Å². The van der Waals surface area contributed by atoms with Crippen LogP contribution in [0.15, 0.2) is 42.7 Å². The molecule has 0 aliphatic carbocycles. The van der Waals surface area contributed by atoms with Gasteiger partial charge in [0.2, 0.25) is 0 Å². The molecule has 1 aromatic carbocycles. The number of benzene rings is 1. The van der Waals surface area contributed by atoms with Gasteiger partial charge in [-0.1, -0.05) is 12.1 Å². The van der Waals surface area contributed by atoms with Crippen LogP contribution in [0.1, 0.15) is 25.8 Å². The van der Waals surface area contributed by atoms with Crippen LogP contribution in [0.5, 0.6) is 5.75 Å². The molecule has 2 atom stereocenters. The Hall–Kier alpha value is -2.50. The average Bonchev–Trinajstić information content (AvgIpc) is 3.06. The lowest BCUT2D eigenvalue weighted by Crippen LogP contribution is -2.45. The number of hydrogen-bond donors (Lipinski definition) is 2. The van der Waals surface area contributed by atoms with E-state index >= 15 is 0 Å². The van der Waals surface area contributed by atoms with E-state index in [4.69, 9.17) is 4.74 Å². The molecular formula is C18H26N4O2. The van der Waals surface area contributed by atoms with Crippen LogP contribution < -0.4 is 15.4 Å². The van der Waals surface area contributed by atoms with Crippen molar-refractivity contribution in [3.05, 3.63) is 48.3 Å². The van der Waals surface area contributed by atoms with Crippen molar-refractivity contribution in [1.82, 2.24) is 20.4 Å². The molecule has 2 amide bonds. The van der Waals surface area contributed by atoms with Gasteiger partial charge in [0.15, 0.2) is 0 Å². The van der Waals surface area contributed by atoms with Gasteiger partial charge >= 0.3 is 6.03 Å². The predicted molar refractivity (Wildman–Crippen MR) is 94.1 cm³/mol. The van der Waals surface area contributed by atoms with Crippen LogP contribution >= 0.6 is 0 Å². The molecule has 0 saturated carbocycles. The number of carbonyl (C=O) groups excluding carboxylic acids is 1. The van der Waals surface area contributed by atoms with Crippen molar-refractivity contribution < 1.29 is 9.53 Å². The molecule has 0 fully saturated rings. The van der Waals surface area contributed by atoms with E-state index in [0.29, 0.717) is 6.54 Å². The summed E-state index contributed by atoms with van der Waals surface area (Å²) in [5, 5.41) is 10.0. The number of carbonyl (C=O) groups is 1. The summed E-state index contributed by atoms with van der Waals surface area (Å²) >= 11 is 0. The van der Waals surface area contributed by atoms with E-state index in [1.54, 1.807) is 18.0 Å². The van der Waals surface area contributed by atoms with E-state index in [1.807, 2.05) is 38.2 Å². The SMILES string of the molecule is COc1ccc(CC[C@H](C)NC(=O)N[C@H](C)Cn2cccn2)cc1. The third-order valence-electron chi connectivity index (χ3n) is 3.80. The van der Waals surface area contributed by atoms with Crippen molar-refractivity contribution >= 4 is 6.03 Å². The van der Waals surface area contributed by atoms with Crippen molar-refractivity contribution in [3.63, 3.8) is 0 Å². The molecule has 2 aromatic rings. The highest BCUT2D eigenvalue weighted by Gasteiger charge is 2.11. The zero-order valence-corrected chi connectivity index (χ0v) is 14.5. The molecule has 0 unspecified atom stereocenters. The second-order valence-corrected chi connectivity index (χ2v) is 6.03. The van der Waals surface area contributed by atoms with Gasteiger partial charge in [-0.15, -0.1) is 0 Å². The Bertz CT molecular complexity index is 610. The number of amides is 2. The average molecular weight is 330 g/mol. The van der Waals surface area contributed by atoms with Gasteiger partial charge in [-0.2, -0.15) is 5.10 Å². The minimum atomic E-state index is -0.142. The monoisotopic (exact) mass is 330 g/mol. The van der Waals surface area contributed by atoms with Crippen LogP contribution in [-0.2, 0) is 13.0 Å². The molecule has 0 bridgehead atoms. The summed E-state index contributed by atoms with van der Waals surface area (Å²) in [6, 6.07) is 9.86. The van der Waals surface area contributed by atoms with E-state index in [0.717, 1.165) is 18.6 Å². The fourth-order valence-electron chi connectivity index (χ4n) is 2.47. The maximum Gasteiger partial charge on any atom is 0.315 e. The Kier molecular flexibility index (Phi) is 6.66. The van der Waals surface area contributed by atoms with Crippen molar-refractivity contribution in [2.45, 2.75) is 45.3 Å². The van der Waals surface area contributed by atoms with E-state index in [1.165, 1.54) is 5.56 Å². The summed E-state index contributed by atoms with van der Waals surface area (Å²) in [5.41, 5.74) is 1.23. The zero-order valence-electron chi connectivity index (χ0n) is 14.5. The highest BCUT2D eigenvalue weighted by atomic mass is 16.5. The molecule has 1 heterocycles. The first-order valence-corrected chi connectivity index (χ1v) is 8.24. The van der Waals surface area contributed by atoms with E-state index in [-0.39, 0.29) is 18.1 Å². The number of methoxy groups -OCH3 is 1. The molecule has 0 spiro atoms. The van der Waals surface area contributed by atoms with Gasteiger partial charge < -0.3 is 15.4 Å². The van der Waals surface area contributed by atoms with Crippen LogP contribution in [0.25, 0.3) is 0 Å². The maximum absolute atomic E-state index is 12.0. The van der Waals surface area contributed by atoms with E-state index in [9.17, 15) is 4.79 Å². The summed E-state index contributed by atoms with van der Waals surface area (Å²) in [6.07, 6.45) is 5.41. The van der Waals surface area contributed by atoms with Gasteiger partial charge in [0.1, 0.15) is 5.75 Å². The number of hydrogen-bond acceptors (Lipinski definition) is 3. The molecule has 2 rings (SSSR count). The standard InChI is InChI=1S/C18H26N4O2/c1-14(5-6-16-7-9-17(24-3)10-8-16)20-18(23)21-15(2)13-22-12-4-11-19-22/h4,7-12,14-15H,5-6,13H2,1-3H3,(H2,20,21,23)/t14-,15+/m0/s1. The molecule has 6 heteroatoms. The largest absolute Gasteiger partial charge is 0.497 e. The quantitative estimate of drug-likeness (QED) is 0.782. The Morgan fingerprint density at radius 3 is 2.54 bits per heavy atom. The van der Waals surface area contributed by atoms with Crippen molar-refractivity contribution in [3.8, 4) is 5.75 Å². The Labute approximate surface area is 143 Å². The number of ether oxygens (including phenoxy) is 1. The van der Waals surface area contributed by atoms with Crippen LogP contribution in [0, 0.1) is 0 Å². The lowest BCUT2D eigenvalue weighted by molar-refractivity contribution is 0.232. The van der Waals surface area contributed by atoms with Crippen LogP contribution in [0.4, 0.5) is 4.79 Å². The Balaban J connectivity index is 1.68. The van der Waals surface area contributed by atoms with Crippen LogP contribution in [0.2, 0.25) is 0 Å². The topological polar surface area (TPSA) is 68.2 Å². The minimum Gasteiger partial charge on any atom is -0.497 e. The van der Waals surface area contributed by atoms with Crippen LogP contribution in [-0.4, -0.2) is 35.0 Å². The molecule has 130 valence electrons. The smallest absolute Gasteiger partial charge is 0.315 e. The van der Waals surface area contributed by atoms with Gasteiger partial charge in [-0.3, -0.25) is 4.68 Å². The van der Waals surface area contributed by atoms with E-state index in [2.05, 4.69) is 27.9 Å². The lowest BCUT2D eigenvalue weighted by Gasteiger charge is -2.18. The number of nitrogens with zero attached hydrogens (tertiary/aromatic N) is 2. The fraction of sp³-hybridized carbons (Fsp3) is 0.444. The number of nitrogens with one attached hydrogen (secondary N) is 2. The number of rotatable bonds is 8. The Morgan fingerprint density at radius 2 is 1.92 bits per heavy atom. The van der Waals surface area contributed by atoms with Crippen LogP contribution in [0.3, 0.4) is 0 Å². The molecule has 0 aliphatic rings.